The van der Waals surface area contributed by atoms with E-state index in [1.54, 1.807) is 12.1 Å². The first kappa shape index (κ1) is 15.6. The summed E-state index contributed by atoms with van der Waals surface area (Å²) in [6, 6.07) is 5.09. The van der Waals surface area contributed by atoms with Gasteiger partial charge in [-0.2, -0.15) is 0 Å². The number of piperidine rings is 1. The summed E-state index contributed by atoms with van der Waals surface area (Å²) in [6.07, 6.45) is 1.09. The number of rotatable bonds is 5. The van der Waals surface area contributed by atoms with Crippen LogP contribution >= 0.6 is 0 Å². The summed E-state index contributed by atoms with van der Waals surface area (Å²) < 4.78 is 5.41. The van der Waals surface area contributed by atoms with Crippen molar-refractivity contribution in [3.63, 3.8) is 0 Å². The maximum atomic E-state index is 11.0. The zero-order valence-corrected chi connectivity index (χ0v) is 12.6. The Morgan fingerprint density at radius 2 is 2.29 bits per heavy atom. The third-order valence-electron chi connectivity index (χ3n) is 4.22. The highest BCUT2D eigenvalue weighted by atomic mass is 16.6. The van der Waals surface area contributed by atoms with Crippen LogP contribution in [0, 0.1) is 22.0 Å². The fraction of sp³-hybridized carbons (Fsp3) is 0.600. The second kappa shape index (κ2) is 6.76. The maximum absolute atomic E-state index is 11.0. The number of benzene rings is 1. The molecule has 6 nitrogen and oxygen atoms in total. The zero-order valence-electron chi connectivity index (χ0n) is 12.6. The van der Waals surface area contributed by atoms with E-state index >= 15 is 0 Å². The van der Waals surface area contributed by atoms with E-state index in [1.807, 2.05) is 6.92 Å². The highest BCUT2D eigenvalue weighted by Crippen LogP contribution is 2.34. The first-order chi connectivity index (χ1) is 10.1. The van der Waals surface area contributed by atoms with Crippen LogP contribution in [0.15, 0.2) is 18.2 Å². The van der Waals surface area contributed by atoms with Crippen molar-refractivity contribution < 1.29 is 9.66 Å². The van der Waals surface area contributed by atoms with E-state index in [-0.39, 0.29) is 5.69 Å². The summed E-state index contributed by atoms with van der Waals surface area (Å²) in [5.74, 6) is 1.42. The smallest absolute Gasteiger partial charge is 0.311 e. The molecule has 1 aromatic rings. The van der Waals surface area contributed by atoms with Gasteiger partial charge in [-0.15, -0.1) is 0 Å². The van der Waals surface area contributed by atoms with Gasteiger partial charge in [-0.1, -0.05) is 6.92 Å². The Kier molecular flexibility index (Phi) is 5.01. The van der Waals surface area contributed by atoms with Crippen molar-refractivity contribution in [1.29, 1.82) is 0 Å². The van der Waals surface area contributed by atoms with Crippen molar-refractivity contribution in [1.82, 2.24) is 0 Å². The molecule has 2 N–H and O–H groups in total. The van der Waals surface area contributed by atoms with E-state index in [9.17, 15) is 10.1 Å². The van der Waals surface area contributed by atoms with E-state index in [2.05, 4.69) is 11.8 Å². The largest absolute Gasteiger partial charge is 0.487 e. The molecule has 0 saturated carbocycles. The van der Waals surface area contributed by atoms with Gasteiger partial charge in [-0.3, -0.25) is 10.1 Å². The molecule has 116 valence electrons. The number of nitrogens with two attached hydrogens (primary N) is 1. The normalized spacial score (nSPS) is 22.1. The topological polar surface area (TPSA) is 81.6 Å². The second-order valence-corrected chi connectivity index (χ2v) is 5.55. The summed E-state index contributed by atoms with van der Waals surface area (Å²) in [5, 5.41) is 11.0. The minimum Gasteiger partial charge on any atom is -0.487 e. The van der Waals surface area contributed by atoms with Crippen molar-refractivity contribution >= 4 is 11.4 Å². The second-order valence-electron chi connectivity index (χ2n) is 5.55. The Bertz CT molecular complexity index is 507. The fourth-order valence-corrected chi connectivity index (χ4v) is 2.81. The summed E-state index contributed by atoms with van der Waals surface area (Å²) in [7, 11) is 0. The molecule has 1 aliphatic heterocycles. The number of nitro groups is 1. The van der Waals surface area contributed by atoms with Crippen LogP contribution in [0.4, 0.5) is 11.4 Å². The average molecular weight is 293 g/mol. The van der Waals surface area contributed by atoms with E-state index in [1.165, 1.54) is 6.07 Å². The lowest BCUT2D eigenvalue weighted by Gasteiger charge is -2.38. The molecule has 1 heterocycles. The molecule has 2 unspecified atom stereocenters. The van der Waals surface area contributed by atoms with Crippen LogP contribution in [0.25, 0.3) is 0 Å². The molecule has 0 bridgehead atoms. The fourth-order valence-electron chi connectivity index (χ4n) is 2.81. The quantitative estimate of drug-likeness (QED) is 0.666. The molecule has 2 rings (SSSR count). The molecular formula is C15H23N3O3. The molecule has 1 aromatic carbocycles. The van der Waals surface area contributed by atoms with Crippen molar-refractivity contribution in [2.45, 2.75) is 20.3 Å². The van der Waals surface area contributed by atoms with Gasteiger partial charge in [0.05, 0.1) is 11.5 Å². The lowest BCUT2D eigenvalue weighted by atomic mass is 9.87. The molecule has 0 amide bonds. The predicted octanol–water partition coefficient (Wildman–Crippen LogP) is 2.41. The van der Waals surface area contributed by atoms with Gasteiger partial charge in [-0.25, -0.2) is 0 Å². The monoisotopic (exact) mass is 293 g/mol. The Morgan fingerprint density at radius 1 is 1.52 bits per heavy atom. The summed E-state index contributed by atoms with van der Waals surface area (Å²) >= 11 is 0. The molecule has 0 aromatic heterocycles. The van der Waals surface area contributed by atoms with E-state index in [0.29, 0.717) is 30.7 Å². The molecule has 1 fully saturated rings. The van der Waals surface area contributed by atoms with Gasteiger partial charge >= 0.3 is 5.69 Å². The van der Waals surface area contributed by atoms with Gasteiger partial charge in [0, 0.05) is 30.9 Å². The Hall–Kier alpha value is -1.82. The van der Waals surface area contributed by atoms with Crippen molar-refractivity contribution in [2.24, 2.45) is 17.6 Å². The van der Waals surface area contributed by atoms with E-state index in [0.717, 1.165) is 25.2 Å². The molecule has 1 saturated heterocycles. The molecule has 0 spiro atoms. The first-order valence-corrected chi connectivity index (χ1v) is 7.43. The average Bonchev–Trinajstić information content (AvgIpc) is 2.47. The highest BCUT2D eigenvalue weighted by Gasteiger charge is 2.26. The number of anilines is 1. The number of nitro benzene ring substituents is 1. The van der Waals surface area contributed by atoms with E-state index < -0.39 is 4.92 Å². The zero-order chi connectivity index (χ0) is 15.4. The molecule has 2 atom stereocenters. The van der Waals surface area contributed by atoms with Gasteiger partial charge in [0.2, 0.25) is 0 Å². The number of hydrogen-bond acceptors (Lipinski definition) is 5. The van der Waals surface area contributed by atoms with Gasteiger partial charge in [-0.05, 0) is 37.8 Å². The molecule has 0 radical (unpaired) electrons. The lowest BCUT2D eigenvalue weighted by Crippen LogP contribution is -2.42. The van der Waals surface area contributed by atoms with Gasteiger partial charge in [0.1, 0.15) is 0 Å². The molecule has 6 heteroatoms. The SMILES string of the molecule is CCOc1cc(N2CCC(C)C(CN)C2)ccc1[N+](=O)[O-]. The standard InChI is InChI=1S/C15H23N3O3/c1-3-21-15-8-13(4-5-14(15)18(19)20)17-7-6-11(2)12(9-16)10-17/h4-5,8,11-12H,3,6-7,9-10,16H2,1-2H3. The van der Waals surface area contributed by atoms with Crippen LogP contribution in [0.5, 0.6) is 5.75 Å². The van der Waals surface area contributed by atoms with Gasteiger partial charge in [0.15, 0.2) is 5.75 Å². The molecule has 0 aliphatic carbocycles. The Labute approximate surface area is 125 Å². The summed E-state index contributed by atoms with van der Waals surface area (Å²) in [4.78, 5) is 12.9. The van der Waals surface area contributed by atoms with Gasteiger partial charge in [0.25, 0.3) is 0 Å². The maximum Gasteiger partial charge on any atom is 0.311 e. The number of hydrogen-bond donors (Lipinski definition) is 1. The van der Waals surface area contributed by atoms with Crippen molar-refractivity contribution in [3.8, 4) is 5.75 Å². The first-order valence-electron chi connectivity index (χ1n) is 7.43. The van der Waals surface area contributed by atoms with Crippen molar-refractivity contribution in [3.05, 3.63) is 28.3 Å². The Morgan fingerprint density at radius 3 is 2.90 bits per heavy atom. The van der Waals surface area contributed by atoms with Crippen LogP contribution < -0.4 is 15.4 Å². The number of ether oxygens (including phenoxy) is 1. The third-order valence-corrected chi connectivity index (χ3v) is 4.22. The van der Waals surface area contributed by atoms with E-state index in [4.69, 9.17) is 10.5 Å². The molecular weight excluding hydrogens is 270 g/mol. The molecule has 1 aliphatic rings. The van der Waals surface area contributed by atoms with Crippen LogP contribution in [-0.2, 0) is 0 Å². The van der Waals surface area contributed by atoms with Crippen LogP contribution in [-0.4, -0.2) is 31.2 Å². The van der Waals surface area contributed by atoms with Crippen LogP contribution in [0.2, 0.25) is 0 Å². The van der Waals surface area contributed by atoms with Crippen molar-refractivity contribution in [2.75, 3.05) is 31.1 Å². The van der Waals surface area contributed by atoms with Crippen LogP contribution in [0.1, 0.15) is 20.3 Å². The van der Waals surface area contributed by atoms with Gasteiger partial charge < -0.3 is 15.4 Å². The predicted molar refractivity (Wildman–Crippen MR) is 82.8 cm³/mol. The minimum absolute atomic E-state index is 0.0151. The number of nitrogens with zero attached hydrogens (tertiary/aromatic N) is 2. The van der Waals surface area contributed by atoms with Crippen LogP contribution in [0.3, 0.4) is 0 Å². The molecule has 21 heavy (non-hydrogen) atoms. The summed E-state index contributed by atoms with van der Waals surface area (Å²) in [6.45, 7) is 6.97. The lowest BCUT2D eigenvalue weighted by molar-refractivity contribution is -0.385. The Balaban J connectivity index is 2.24. The highest BCUT2D eigenvalue weighted by molar-refractivity contribution is 5.59. The third kappa shape index (κ3) is 3.44. The summed E-state index contributed by atoms with van der Waals surface area (Å²) in [5.41, 5.74) is 6.82. The minimum atomic E-state index is -0.407.